The predicted octanol–water partition coefficient (Wildman–Crippen LogP) is 1.67. The first-order chi connectivity index (χ1) is 11.0. The fourth-order valence-corrected chi connectivity index (χ4v) is 1.97. The highest BCUT2D eigenvalue weighted by atomic mass is 16.6. The van der Waals surface area contributed by atoms with Crippen molar-refractivity contribution < 1.29 is 14.8 Å². The SMILES string of the molecule is CCC(O)CCNC(=O)c1cnn(-c2ccc([N+](=O)[O-])cc2)c1. The molecule has 0 saturated heterocycles. The van der Waals surface area contributed by atoms with Gasteiger partial charge < -0.3 is 10.4 Å². The number of nitrogens with zero attached hydrogens (tertiary/aromatic N) is 3. The van der Waals surface area contributed by atoms with Crippen molar-refractivity contribution in [3.8, 4) is 5.69 Å². The molecule has 1 heterocycles. The molecule has 2 N–H and O–H groups in total. The Balaban J connectivity index is 1.99. The number of hydrogen-bond acceptors (Lipinski definition) is 5. The number of nitrogens with one attached hydrogen (secondary N) is 1. The number of aromatic nitrogens is 2. The van der Waals surface area contributed by atoms with Gasteiger partial charge in [0.25, 0.3) is 11.6 Å². The number of nitro groups is 1. The maximum atomic E-state index is 12.0. The number of carbonyl (C=O) groups is 1. The molecule has 1 atom stereocenters. The van der Waals surface area contributed by atoms with Crippen LogP contribution in [0.4, 0.5) is 5.69 Å². The summed E-state index contributed by atoms with van der Waals surface area (Å²) in [4.78, 5) is 22.1. The van der Waals surface area contributed by atoms with Crippen molar-refractivity contribution in [3.05, 3.63) is 52.3 Å². The minimum absolute atomic E-state index is 0.00615. The number of nitro benzene ring substituents is 1. The van der Waals surface area contributed by atoms with Crippen molar-refractivity contribution in [3.63, 3.8) is 0 Å². The van der Waals surface area contributed by atoms with Crippen LogP contribution in [0.25, 0.3) is 5.69 Å². The zero-order chi connectivity index (χ0) is 16.8. The summed E-state index contributed by atoms with van der Waals surface area (Å²) < 4.78 is 1.47. The van der Waals surface area contributed by atoms with Gasteiger partial charge in [0.15, 0.2) is 0 Å². The van der Waals surface area contributed by atoms with E-state index < -0.39 is 11.0 Å². The van der Waals surface area contributed by atoms with Gasteiger partial charge in [0, 0.05) is 24.9 Å². The van der Waals surface area contributed by atoms with Gasteiger partial charge in [0.2, 0.25) is 0 Å². The number of non-ortho nitro benzene ring substituents is 1. The Kier molecular flexibility index (Phi) is 5.42. The zero-order valence-electron chi connectivity index (χ0n) is 12.7. The van der Waals surface area contributed by atoms with Crippen molar-refractivity contribution in [2.24, 2.45) is 0 Å². The van der Waals surface area contributed by atoms with E-state index in [2.05, 4.69) is 10.4 Å². The fourth-order valence-electron chi connectivity index (χ4n) is 1.97. The third kappa shape index (κ3) is 4.36. The van der Waals surface area contributed by atoms with Crippen LogP contribution >= 0.6 is 0 Å². The minimum Gasteiger partial charge on any atom is -0.393 e. The molecule has 0 aliphatic heterocycles. The van der Waals surface area contributed by atoms with Gasteiger partial charge in [-0.3, -0.25) is 14.9 Å². The summed E-state index contributed by atoms with van der Waals surface area (Å²) >= 11 is 0. The standard InChI is InChI=1S/C15H18N4O4/c1-2-14(20)7-8-16-15(21)11-9-17-18(10-11)12-3-5-13(6-4-12)19(22)23/h3-6,9-10,14,20H,2,7-8H2,1H3,(H,16,21). The van der Waals surface area contributed by atoms with Gasteiger partial charge in [-0.25, -0.2) is 4.68 Å². The van der Waals surface area contributed by atoms with Gasteiger partial charge in [0.1, 0.15) is 0 Å². The minimum atomic E-state index is -0.476. The van der Waals surface area contributed by atoms with E-state index in [1.54, 1.807) is 18.3 Å². The van der Waals surface area contributed by atoms with E-state index in [0.29, 0.717) is 30.6 Å². The molecule has 0 spiro atoms. The first-order valence-corrected chi connectivity index (χ1v) is 7.27. The van der Waals surface area contributed by atoms with Crippen LogP contribution in [0.2, 0.25) is 0 Å². The van der Waals surface area contributed by atoms with Crippen LogP contribution in [0.1, 0.15) is 30.1 Å². The number of hydrogen-bond donors (Lipinski definition) is 2. The molecular formula is C15H18N4O4. The number of rotatable bonds is 7. The lowest BCUT2D eigenvalue weighted by atomic mass is 10.2. The molecule has 2 rings (SSSR count). The Morgan fingerprint density at radius 1 is 1.43 bits per heavy atom. The van der Waals surface area contributed by atoms with Crippen molar-refractivity contribution in [1.29, 1.82) is 0 Å². The van der Waals surface area contributed by atoms with Crippen LogP contribution in [0.3, 0.4) is 0 Å². The van der Waals surface area contributed by atoms with Crippen LogP contribution in [0.5, 0.6) is 0 Å². The second kappa shape index (κ2) is 7.50. The Bertz CT molecular complexity index is 681. The van der Waals surface area contributed by atoms with E-state index in [4.69, 9.17) is 0 Å². The summed E-state index contributed by atoms with van der Waals surface area (Å²) in [5.74, 6) is -0.276. The molecule has 122 valence electrons. The van der Waals surface area contributed by atoms with E-state index in [9.17, 15) is 20.0 Å². The largest absolute Gasteiger partial charge is 0.393 e. The smallest absolute Gasteiger partial charge is 0.269 e. The number of carbonyl (C=O) groups excluding carboxylic acids is 1. The molecule has 8 nitrogen and oxygen atoms in total. The topological polar surface area (TPSA) is 110 Å². The number of aliphatic hydroxyl groups is 1. The highest BCUT2D eigenvalue weighted by Crippen LogP contribution is 2.15. The van der Waals surface area contributed by atoms with Gasteiger partial charge in [-0.05, 0) is 25.0 Å². The first kappa shape index (κ1) is 16.6. The Hall–Kier alpha value is -2.74. The molecule has 0 fully saturated rings. The Morgan fingerprint density at radius 3 is 2.74 bits per heavy atom. The first-order valence-electron chi connectivity index (χ1n) is 7.27. The second-order valence-electron chi connectivity index (χ2n) is 5.05. The van der Waals surface area contributed by atoms with E-state index >= 15 is 0 Å². The van der Waals surface area contributed by atoms with E-state index in [1.165, 1.54) is 23.0 Å². The third-order valence-electron chi connectivity index (χ3n) is 3.40. The maximum absolute atomic E-state index is 12.0. The van der Waals surface area contributed by atoms with Crippen molar-refractivity contribution >= 4 is 11.6 Å². The van der Waals surface area contributed by atoms with Crippen molar-refractivity contribution in [2.75, 3.05) is 6.54 Å². The zero-order valence-corrected chi connectivity index (χ0v) is 12.7. The molecule has 1 aromatic carbocycles. The Morgan fingerprint density at radius 2 is 2.13 bits per heavy atom. The molecule has 23 heavy (non-hydrogen) atoms. The third-order valence-corrected chi connectivity index (χ3v) is 3.40. The fraction of sp³-hybridized carbons (Fsp3) is 0.333. The average molecular weight is 318 g/mol. The van der Waals surface area contributed by atoms with E-state index in [1.807, 2.05) is 6.92 Å². The second-order valence-corrected chi connectivity index (χ2v) is 5.05. The highest BCUT2D eigenvalue weighted by Gasteiger charge is 2.11. The predicted molar refractivity (Wildman–Crippen MR) is 83.5 cm³/mol. The van der Waals surface area contributed by atoms with Crippen molar-refractivity contribution in [2.45, 2.75) is 25.9 Å². The van der Waals surface area contributed by atoms with Gasteiger partial charge in [-0.15, -0.1) is 0 Å². The monoisotopic (exact) mass is 318 g/mol. The molecule has 0 radical (unpaired) electrons. The molecule has 1 unspecified atom stereocenters. The normalized spacial score (nSPS) is 11.9. The lowest BCUT2D eigenvalue weighted by Gasteiger charge is -2.07. The Labute approximate surface area is 132 Å². The maximum Gasteiger partial charge on any atom is 0.269 e. The van der Waals surface area contributed by atoms with Crippen LogP contribution in [-0.2, 0) is 0 Å². The van der Waals surface area contributed by atoms with Crippen LogP contribution in [0.15, 0.2) is 36.7 Å². The molecule has 1 aromatic heterocycles. The molecule has 0 aliphatic rings. The highest BCUT2D eigenvalue weighted by molar-refractivity contribution is 5.93. The molecule has 2 aromatic rings. The van der Waals surface area contributed by atoms with Gasteiger partial charge in [0.05, 0.1) is 28.5 Å². The molecule has 8 heteroatoms. The molecule has 1 amide bonds. The quantitative estimate of drug-likeness (QED) is 0.596. The van der Waals surface area contributed by atoms with Crippen LogP contribution < -0.4 is 5.32 Å². The summed E-state index contributed by atoms with van der Waals surface area (Å²) in [7, 11) is 0. The summed E-state index contributed by atoms with van der Waals surface area (Å²) in [6.45, 7) is 2.26. The van der Waals surface area contributed by atoms with Gasteiger partial charge >= 0.3 is 0 Å². The lowest BCUT2D eigenvalue weighted by molar-refractivity contribution is -0.384. The summed E-state index contributed by atoms with van der Waals surface area (Å²) in [5, 5.41) is 26.9. The molecule has 0 aliphatic carbocycles. The number of benzene rings is 1. The number of aliphatic hydroxyl groups excluding tert-OH is 1. The summed E-state index contributed by atoms with van der Waals surface area (Å²) in [5.41, 5.74) is 0.999. The summed E-state index contributed by atoms with van der Waals surface area (Å²) in [6, 6.07) is 5.88. The van der Waals surface area contributed by atoms with Gasteiger partial charge in [-0.2, -0.15) is 5.10 Å². The van der Waals surface area contributed by atoms with Crippen LogP contribution in [0, 0.1) is 10.1 Å². The van der Waals surface area contributed by atoms with E-state index in [-0.39, 0.29) is 11.6 Å². The number of amides is 1. The molecule has 0 saturated carbocycles. The van der Waals surface area contributed by atoms with Crippen LogP contribution in [-0.4, -0.2) is 38.4 Å². The molecule has 0 bridgehead atoms. The summed E-state index contributed by atoms with van der Waals surface area (Å²) in [6.07, 6.45) is 3.70. The van der Waals surface area contributed by atoms with E-state index in [0.717, 1.165) is 0 Å². The van der Waals surface area contributed by atoms with Gasteiger partial charge in [-0.1, -0.05) is 6.92 Å². The average Bonchev–Trinajstić information content (AvgIpc) is 3.04. The van der Waals surface area contributed by atoms with Crippen molar-refractivity contribution in [1.82, 2.24) is 15.1 Å². The lowest BCUT2D eigenvalue weighted by Crippen LogP contribution is -2.26. The molecular weight excluding hydrogens is 300 g/mol.